The lowest BCUT2D eigenvalue weighted by Crippen LogP contribution is -2.48. The summed E-state index contributed by atoms with van der Waals surface area (Å²) in [5.74, 6) is -0.108. The van der Waals surface area contributed by atoms with Gasteiger partial charge in [-0.05, 0) is 49.0 Å². The van der Waals surface area contributed by atoms with E-state index < -0.39 is 0 Å². The van der Waals surface area contributed by atoms with Gasteiger partial charge in [0.25, 0.3) is 5.91 Å². The maximum absolute atomic E-state index is 12.7. The lowest BCUT2D eigenvalue weighted by Gasteiger charge is -2.29. The first kappa shape index (κ1) is 17.9. The minimum Gasteiger partial charge on any atom is -0.330 e. The highest BCUT2D eigenvalue weighted by molar-refractivity contribution is 6.02. The summed E-state index contributed by atoms with van der Waals surface area (Å²) in [4.78, 5) is 37.6. The first-order chi connectivity index (χ1) is 11.6. The first-order valence-electron chi connectivity index (χ1n) is 8.59. The number of nitrogens with one attached hydrogen (secondary N) is 2. The summed E-state index contributed by atoms with van der Waals surface area (Å²) in [6, 6.07) is 5.80. The van der Waals surface area contributed by atoms with Crippen LogP contribution in [-0.2, 0) is 16.1 Å². The fourth-order valence-electron chi connectivity index (χ4n) is 4.05. The second-order valence-electron chi connectivity index (χ2n) is 6.91. The van der Waals surface area contributed by atoms with Gasteiger partial charge < -0.3 is 10.2 Å². The van der Waals surface area contributed by atoms with Crippen LogP contribution in [0.1, 0.15) is 53.1 Å². The molecule has 0 aliphatic carbocycles. The van der Waals surface area contributed by atoms with Crippen LogP contribution < -0.4 is 10.6 Å². The van der Waals surface area contributed by atoms with Gasteiger partial charge in [0.2, 0.25) is 11.8 Å². The number of amides is 3. The van der Waals surface area contributed by atoms with Gasteiger partial charge in [-0.2, -0.15) is 0 Å². The molecule has 6 nitrogen and oxygen atoms in total. The van der Waals surface area contributed by atoms with Crippen LogP contribution in [0.3, 0.4) is 0 Å². The van der Waals surface area contributed by atoms with Gasteiger partial charge in [-0.15, -0.1) is 12.4 Å². The molecule has 2 saturated heterocycles. The Morgan fingerprint density at radius 1 is 1.00 bits per heavy atom. The molecule has 0 saturated carbocycles. The highest BCUT2D eigenvalue weighted by Gasteiger charge is 2.37. The topological polar surface area (TPSA) is 78.5 Å². The van der Waals surface area contributed by atoms with Crippen molar-refractivity contribution in [3.63, 3.8) is 0 Å². The molecule has 0 bridgehead atoms. The van der Waals surface area contributed by atoms with E-state index in [0.29, 0.717) is 18.0 Å². The Morgan fingerprint density at radius 3 is 2.36 bits per heavy atom. The third-order valence-electron chi connectivity index (χ3n) is 5.33. The van der Waals surface area contributed by atoms with Gasteiger partial charge >= 0.3 is 0 Å². The van der Waals surface area contributed by atoms with Crippen LogP contribution in [0.5, 0.6) is 0 Å². The van der Waals surface area contributed by atoms with E-state index in [2.05, 4.69) is 22.8 Å². The molecule has 0 aromatic heterocycles. The summed E-state index contributed by atoms with van der Waals surface area (Å²) < 4.78 is 0. The van der Waals surface area contributed by atoms with E-state index in [1.54, 1.807) is 4.90 Å². The molecule has 25 heavy (non-hydrogen) atoms. The summed E-state index contributed by atoms with van der Waals surface area (Å²) in [7, 11) is 0. The van der Waals surface area contributed by atoms with Crippen molar-refractivity contribution in [1.29, 1.82) is 0 Å². The molecule has 4 rings (SSSR count). The van der Waals surface area contributed by atoms with E-state index in [1.807, 2.05) is 6.07 Å². The van der Waals surface area contributed by atoms with Gasteiger partial charge in [-0.1, -0.05) is 12.1 Å². The van der Waals surface area contributed by atoms with Gasteiger partial charge in [0.05, 0.1) is 0 Å². The molecule has 7 heteroatoms. The monoisotopic (exact) mass is 363 g/mol. The van der Waals surface area contributed by atoms with Crippen molar-refractivity contribution >= 4 is 30.1 Å². The highest BCUT2D eigenvalue weighted by atomic mass is 35.5. The van der Waals surface area contributed by atoms with Crippen molar-refractivity contribution in [2.24, 2.45) is 0 Å². The molecule has 2 fully saturated rings. The number of fused-ring (bicyclic) bond motifs is 1. The third-order valence-corrected chi connectivity index (χ3v) is 5.33. The van der Waals surface area contributed by atoms with Gasteiger partial charge in [-0.25, -0.2) is 0 Å². The van der Waals surface area contributed by atoms with Gasteiger partial charge in [0.15, 0.2) is 0 Å². The molecule has 3 heterocycles. The van der Waals surface area contributed by atoms with Crippen LogP contribution in [0.15, 0.2) is 18.2 Å². The number of nitrogens with zero attached hydrogens (tertiary/aromatic N) is 1. The second kappa shape index (κ2) is 7.14. The van der Waals surface area contributed by atoms with E-state index in [1.165, 1.54) is 5.56 Å². The molecule has 3 aliphatic heterocycles. The van der Waals surface area contributed by atoms with Crippen molar-refractivity contribution in [2.75, 3.05) is 13.1 Å². The fraction of sp³-hybridized carbons (Fsp3) is 0.500. The van der Waals surface area contributed by atoms with Crippen LogP contribution in [0.25, 0.3) is 0 Å². The number of imide groups is 1. The molecule has 2 N–H and O–H groups in total. The quantitative estimate of drug-likeness (QED) is 0.777. The number of hydrogen-bond acceptors (Lipinski definition) is 4. The summed E-state index contributed by atoms with van der Waals surface area (Å²) in [5, 5.41) is 5.67. The molecule has 3 amide bonds. The summed E-state index contributed by atoms with van der Waals surface area (Å²) >= 11 is 0. The van der Waals surface area contributed by atoms with Gasteiger partial charge in [0.1, 0.15) is 0 Å². The average molecular weight is 364 g/mol. The highest BCUT2D eigenvalue weighted by Crippen LogP contribution is 2.32. The number of carbonyl (C=O) groups is 3. The lowest BCUT2D eigenvalue weighted by molar-refractivity contribution is -0.135. The Morgan fingerprint density at radius 2 is 1.68 bits per heavy atom. The number of benzene rings is 1. The van der Waals surface area contributed by atoms with Crippen LogP contribution in [-0.4, -0.2) is 41.8 Å². The Bertz CT molecular complexity index is 700. The Kier molecular flexibility index (Phi) is 5.11. The van der Waals surface area contributed by atoms with E-state index in [4.69, 9.17) is 0 Å². The number of hydrogen-bond donors (Lipinski definition) is 2. The molecular weight excluding hydrogens is 342 g/mol. The van der Waals surface area contributed by atoms with Crippen LogP contribution in [0, 0.1) is 0 Å². The standard InChI is InChI=1S/C18H21N3O3.ClH/c22-16-8-14(9-17(23)20-16)21-10-13-7-12(1-2-15(13)18(21)24)11-3-5-19-6-4-11;/h1-2,7,11,14,19H,3-6,8-10H2,(H,20,22,23);1H. The third kappa shape index (κ3) is 3.41. The maximum atomic E-state index is 12.7. The molecule has 1 aromatic rings. The zero-order chi connectivity index (χ0) is 16.7. The Hall–Kier alpha value is -1.92. The summed E-state index contributed by atoms with van der Waals surface area (Å²) in [6.07, 6.45) is 2.64. The predicted molar refractivity (Wildman–Crippen MR) is 94.6 cm³/mol. The van der Waals surface area contributed by atoms with Crippen LogP contribution in [0.2, 0.25) is 0 Å². The van der Waals surface area contributed by atoms with E-state index in [0.717, 1.165) is 31.5 Å². The Labute approximate surface area is 152 Å². The van der Waals surface area contributed by atoms with Gasteiger partial charge in [0, 0.05) is 31.0 Å². The van der Waals surface area contributed by atoms with Crippen LogP contribution >= 0.6 is 12.4 Å². The normalized spacial score (nSPS) is 21.8. The minimum absolute atomic E-state index is 0. The van der Waals surface area contributed by atoms with Crippen molar-refractivity contribution < 1.29 is 14.4 Å². The number of carbonyl (C=O) groups excluding carboxylic acids is 3. The number of rotatable bonds is 2. The molecule has 3 aliphatic rings. The molecule has 0 atom stereocenters. The second-order valence-corrected chi connectivity index (χ2v) is 6.91. The fourth-order valence-corrected chi connectivity index (χ4v) is 4.05. The number of piperidine rings is 2. The number of halogens is 1. The zero-order valence-electron chi connectivity index (χ0n) is 13.9. The van der Waals surface area contributed by atoms with E-state index in [-0.39, 0.29) is 49.0 Å². The largest absolute Gasteiger partial charge is 0.330 e. The van der Waals surface area contributed by atoms with Crippen LogP contribution in [0.4, 0.5) is 0 Å². The summed E-state index contributed by atoms with van der Waals surface area (Å²) in [5.41, 5.74) is 3.03. The van der Waals surface area contributed by atoms with E-state index in [9.17, 15) is 14.4 Å². The SMILES string of the molecule is Cl.O=C1CC(N2Cc3cc(C4CCNCC4)ccc3C2=O)CC(=O)N1. The smallest absolute Gasteiger partial charge is 0.254 e. The molecular formula is C18H22ClN3O3. The van der Waals surface area contributed by atoms with Crippen molar-refractivity contribution in [3.8, 4) is 0 Å². The van der Waals surface area contributed by atoms with Crippen molar-refractivity contribution in [1.82, 2.24) is 15.5 Å². The molecule has 0 unspecified atom stereocenters. The molecule has 134 valence electrons. The van der Waals surface area contributed by atoms with Crippen molar-refractivity contribution in [2.45, 2.75) is 44.2 Å². The first-order valence-corrected chi connectivity index (χ1v) is 8.59. The maximum Gasteiger partial charge on any atom is 0.254 e. The molecule has 0 spiro atoms. The zero-order valence-corrected chi connectivity index (χ0v) is 14.7. The van der Waals surface area contributed by atoms with E-state index >= 15 is 0 Å². The predicted octanol–water partition coefficient (Wildman–Crippen LogP) is 1.34. The van der Waals surface area contributed by atoms with Crippen molar-refractivity contribution in [3.05, 3.63) is 34.9 Å². The molecule has 0 radical (unpaired) electrons. The summed E-state index contributed by atoms with van der Waals surface area (Å²) in [6.45, 7) is 2.57. The lowest BCUT2D eigenvalue weighted by atomic mass is 9.88. The molecule has 1 aromatic carbocycles. The van der Waals surface area contributed by atoms with Gasteiger partial charge in [-0.3, -0.25) is 19.7 Å². The Balaban J connectivity index is 0.00000182. The average Bonchev–Trinajstić information content (AvgIpc) is 2.91. The minimum atomic E-state index is -0.325.